The molecule has 0 radical (unpaired) electrons. The van der Waals surface area contributed by atoms with E-state index in [1.807, 2.05) is 31.2 Å². The highest BCUT2D eigenvalue weighted by molar-refractivity contribution is 6.23. The number of hydrogen-bond acceptors (Lipinski definition) is 3. The van der Waals surface area contributed by atoms with E-state index in [1.165, 1.54) is 6.20 Å². The van der Waals surface area contributed by atoms with Crippen LogP contribution in [0, 0.1) is 17.0 Å². The molecule has 1 fully saturated rings. The second-order valence-electron chi connectivity index (χ2n) is 6.97. The van der Waals surface area contributed by atoms with E-state index in [2.05, 4.69) is 0 Å². The average Bonchev–Trinajstić information content (AvgIpc) is 3.08. The van der Waals surface area contributed by atoms with Crippen LogP contribution in [-0.2, 0) is 11.2 Å². The summed E-state index contributed by atoms with van der Waals surface area (Å²) in [6, 6.07) is 11.0. The largest absolute Gasteiger partial charge is 0.618 e. The van der Waals surface area contributed by atoms with Crippen molar-refractivity contribution in [3.05, 3.63) is 64.7 Å². The standard InChI is InChI=1S/C21H21NO3/c1-2-13-6-7-14(18-5-3-4-10-22(18)25)12-17(13)19-20(23)15-8-9-16(11-15)21(19)24/h3-7,10,12,15-16,23H,2,8-9,11H2,1H3/t15-,16+/m0/s1. The van der Waals surface area contributed by atoms with Crippen LogP contribution in [-0.4, -0.2) is 10.9 Å². The van der Waals surface area contributed by atoms with Crippen LogP contribution in [0.4, 0.5) is 0 Å². The molecule has 1 saturated carbocycles. The second-order valence-corrected chi connectivity index (χ2v) is 6.97. The van der Waals surface area contributed by atoms with E-state index in [9.17, 15) is 15.1 Å². The van der Waals surface area contributed by atoms with Crippen molar-refractivity contribution in [2.24, 2.45) is 11.8 Å². The molecule has 0 spiro atoms. The fourth-order valence-corrected chi connectivity index (χ4v) is 4.20. The lowest BCUT2D eigenvalue weighted by Gasteiger charge is -2.23. The fourth-order valence-electron chi connectivity index (χ4n) is 4.20. The number of ketones is 1. The van der Waals surface area contributed by atoms with E-state index < -0.39 is 0 Å². The molecule has 2 bridgehead atoms. The summed E-state index contributed by atoms with van der Waals surface area (Å²) < 4.78 is 0.825. The van der Waals surface area contributed by atoms with Crippen molar-refractivity contribution >= 4 is 11.4 Å². The third-order valence-corrected chi connectivity index (χ3v) is 5.57. The molecular formula is C21H21NO3. The lowest BCUT2D eigenvalue weighted by atomic mass is 9.81. The Hall–Kier alpha value is -2.62. The Kier molecular flexibility index (Phi) is 3.83. The molecule has 0 amide bonds. The number of aromatic nitrogens is 1. The number of aliphatic hydroxyl groups is 1. The van der Waals surface area contributed by atoms with E-state index in [4.69, 9.17) is 0 Å². The number of hydrogen-bond donors (Lipinski definition) is 1. The third-order valence-electron chi connectivity index (χ3n) is 5.57. The van der Waals surface area contributed by atoms with Crippen LogP contribution < -0.4 is 4.73 Å². The summed E-state index contributed by atoms with van der Waals surface area (Å²) in [7, 11) is 0. The molecule has 0 aliphatic heterocycles. The fraction of sp³-hybridized carbons (Fsp3) is 0.333. The smallest absolute Gasteiger partial charge is 0.223 e. The first-order valence-corrected chi connectivity index (χ1v) is 8.89. The molecule has 4 rings (SSSR count). The third kappa shape index (κ3) is 2.53. The molecule has 2 aromatic rings. The number of aliphatic hydroxyl groups excluding tert-OH is 1. The molecule has 25 heavy (non-hydrogen) atoms. The predicted octanol–water partition coefficient (Wildman–Crippen LogP) is 3.82. The average molecular weight is 335 g/mol. The van der Waals surface area contributed by atoms with E-state index in [1.54, 1.807) is 12.1 Å². The monoisotopic (exact) mass is 335 g/mol. The van der Waals surface area contributed by atoms with Gasteiger partial charge in [0.25, 0.3) is 0 Å². The van der Waals surface area contributed by atoms with Gasteiger partial charge in [0.1, 0.15) is 5.76 Å². The number of benzene rings is 1. The normalized spacial score (nSPS) is 22.5. The zero-order chi connectivity index (χ0) is 17.6. The summed E-state index contributed by atoms with van der Waals surface area (Å²) in [6.45, 7) is 2.04. The summed E-state index contributed by atoms with van der Waals surface area (Å²) >= 11 is 0. The zero-order valence-corrected chi connectivity index (χ0v) is 14.2. The topological polar surface area (TPSA) is 64.2 Å². The highest BCUT2D eigenvalue weighted by Crippen LogP contribution is 2.46. The van der Waals surface area contributed by atoms with Gasteiger partial charge in [-0.25, -0.2) is 0 Å². The summed E-state index contributed by atoms with van der Waals surface area (Å²) in [4.78, 5) is 12.9. The van der Waals surface area contributed by atoms with E-state index in [0.29, 0.717) is 11.3 Å². The molecule has 1 N–H and O–H groups in total. The van der Waals surface area contributed by atoms with Gasteiger partial charge in [0.15, 0.2) is 12.0 Å². The maximum Gasteiger partial charge on any atom is 0.223 e. The predicted molar refractivity (Wildman–Crippen MR) is 95.6 cm³/mol. The number of nitrogens with zero attached hydrogens (tertiary/aromatic N) is 1. The zero-order valence-electron chi connectivity index (χ0n) is 14.2. The molecular weight excluding hydrogens is 314 g/mol. The summed E-state index contributed by atoms with van der Waals surface area (Å²) in [6.07, 6.45) is 4.74. The first-order chi connectivity index (χ1) is 12.1. The Balaban J connectivity index is 1.89. The number of Topliss-reactive ketones (excluding diaryl/α,β-unsaturated/α-hetero) is 1. The molecule has 2 aliphatic rings. The number of rotatable bonds is 3. The Bertz CT molecular complexity index is 884. The van der Waals surface area contributed by atoms with Gasteiger partial charge in [0.05, 0.1) is 5.57 Å². The molecule has 1 aromatic carbocycles. The summed E-state index contributed by atoms with van der Waals surface area (Å²) in [5.74, 6) is 0.437. The highest BCUT2D eigenvalue weighted by Gasteiger charge is 2.41. The van der Waals surface area contributed by atoms with Crippen LogP contribution in [0.3, 0.4) is 0 Å². The van der Waals surface area contributed by atoms with Gasteiger partial charge in [-0.05, 0) is 55.0 Å². The van der Waals surface area contributed by atoms with Gasteiger partial charge in [0, 0.05) is 29.5 Å². The maximum absolute atomic E-state index is 12.9. The van der Waals surface area contributed by atoms with Crippen LogP contribution in [0.1, 0.15) is 37.3 Å². The van der Waals surface area contributed by atoms with Crippen molar-refractivity contribution in [1.29, 1.82) is 0 Å². The molecule has 2 aliphatic carbocycles. The minimum atomic E-state index is 0.0328. The van der Waals surface area contributed by atoms with Crippen molar-refractivity contribution in [2.45, 2.75) is 32.6 Å². The van der Waals surface area contributed by atoms with Crippen LogP contribution >= 0.6 is 0 Å². The van der Waals surface area contributed by atoms with Crippen LogP contribution in [0.15, 0.2) is 48.4 Å². The van der Waals surface area contributed by atoms with E-state index in [0.717, 1.165) is 47.1 Å². The quantitative estimate of drug-likeness (QED) is 0.685. The van der Waals surface area contributed by atoms with Gasteiger partial charge < -0.3 is 10.3 Å². The van der Waals surface area contributed by atoms with Crippen molar-refractivity contribution in [1.82, 2.24) is 0 Å². The van der Waals surface area contributed by atoms with Crippen LogP contribution in [0.25, 0.3) is 16.8 Å². The van der Waals surface area contributed by atoms with Crippen molar-refractivity contribution in [3.8, 4) is 11.3 Å². The Morgan fingerprint density at radius 3 is 2.76 bits per heavy atom. The summed E-state index contributed by atoms with van der Waals surface area (Å²) in [5.41, 5.74) is 3.58. The van der Waals surface area contributed by atoms with Crippen LogP contribution in [0.2, 0.25) is 0 Å². The first-order valence-electron chi connectivity index (χ1n) is 8.89. The molecule has 2 atom stereocenters. The number of aryl methyl sites for hydroxylation is 1. The van der Waals surface area contributed by atoms with Gasteiger partial charge in [-0.3, -0.25) is 4.79 Å². The maximum atomic E-state index is 12.9. The molecule has 128 valence electrons. The Morgan fingerprint density at radius 2 is 2.00 bits per heavy atom. The molecule has 0 unspecified atom stereocenters. The molecule has 1 aromatic heterocycles. The van der Waals surface area contributed by atoms with Gasteiger partial charge in [-0.2, -0.15) is 4.73 Å². The van der Waals surface area contributed by atoms with Crippen molar-refractivity contribution in [3.63, 3.8) is 0 Å². The molecule has 0 saturated heterocycles. The van der Waals surface area contributed by atoms with Gasteiger partial charge >= 0.3 is 0 Å². The highest BCUT2D eigenvalue weighted by atomic mass is 16.5. The number of pyridine rings is 1. The summed E-state index contributed by atoms with van der Waals surface area (Å²) in [5, 5.41) is 22.8. The van der Waals surface area contributed by atoms with Gasteiger partial charge in [-0.15, -0.1) is 0 Å². The lowest BCUT2D eigenvalue weighted by molar-refractivity contribution is -0.593. The molecule has 4 nitrogen and oxygen atoms in total. The number of carbonyl (C=O) groups is 1. The Labute approximate surface area is 147 Å². The molecule has 1 heterocycles. The van der Waals surface area contributed by atoms with Crippen molar-refractivity contribution in [2.75, 3.05) is 0 Å². The first kappa shape index (κ1) is 15.9. The van der Waals surface area contributed by atoms with Crippen LogP contribution in [0.5, 0.6) is 0 Å². The second kappa shape index (κ2) is 6.03. The number of fused-ring (bicyclic) bond motifs is 2. The minimum Gasteiger partial charge on any atom is -0.618 e. The van der Waals surface area contributed by atoms with Crippen molar-refractivity contribution < 1.29 is 14.6 Å². The minimum absolute atomic E-state index is 0.0328. The number of carbonyl (C=O) groups excluding carboxylic acids is 1. The van der Waals surface area contributed by atoms with E-state index >= 15 is 0 Å². The Morgan fingerprint density at radius 1 is 1.20 bits per heavy atom. The molecule has 4 heteroatoms. The lowest BCUT2D eigenvalue weighted by Crippen LogP contribution is -2.28. The SMILES string of the molecule is CCc1ccc(-c2cccc[n+]2[O-])cc1C1=C(O)[C@H]2CC[C@H](C2)C1=O. The van der Waals surface area contributed by atoms with Gasteiger partial charge in [0.2, 0.25) is 5.69 Å². The van der Waals surface area contributed by atoms with E-state index in [-0.39, 0.29) is 23.4 Å². The number of allylic oxidation sites excluding steroid dienone is 2. The van der Waals surface area contributed by atoms with Gasteiger partial charge in [-0.1, -0.05) is 13.0 Å².